The Morgan fingerprint density at radius 1 is 1.13 bits per heavy atom. The van der Waals surface area contributed by atoms with Crippen molar-refractivity contribution in [3.63, 3.8) is 0 Å². The van der Waals surface area contributed by atoms with Crippen molar-refractivity contribution in [3.05, 3.63) is 59.7 Å². The van der Waals surface area contributed by atoms with Crippen LogP contribution in [0.3, 0.4) is 0 Å². The third kappa shape index (κ3) is 4.50. The molecule has 4 rings (SSSR count). The van der Waals surface area contributed by atoms with Gasteiger partial charge in [-0.05, 0) is 48.7 Å². The number of ether oxygens (including phenoxy) is 1. The van der Waals surface area contributed by atoms with Crippen molar-refractivity contribution in [2.45, 2.75) is 30.4 Å². The monoisotopic (exact) mass is 429 g/mol. The Hall–Kier alpha value is -2.42. The second-order valence-electron chi connectivity index (χ2n) is 7.79. The normalized spacial score (nSPS) is 19.4. The molecular weight excluding hydrogens is 402 g/mol. The number of likely N-dealkylation sites (N-methyl/N-ethyl adjacent to an activating group) is 1. The molecule has 1 fully saturated rings. The highest BCUT2D eigenvalue weighted by molar-refractivity contribution is 7.89. The third-order valence-electron chi connectivity index (χ3n) is 5.69. The van der Waals surface area contributed by atoms with E-state index in [1.54, 1.807) is 12.1 Å². The molecule has 2 aromatic carbocycles. The molecule has 0 spiro atoms. The molecule has 1 saturated heterocycles. The molecule has 2 aliphatic heterocycles. The predicted octanol–water partition coefficient (Wildman–Crippen LogP) is 2.24. The fraction of sp³-hybridized carbons (Fsp3) is 0.409. The molecule has 1 amide bonds. The quantitative estimate of drug-likeness (QED) is 0.789. The summed E-state index contributed by atoms with van der Waals surface area (Å²) in [6.07, 6.45) is 1.76. The lowest BCUT2D eigenvalue weighted by molar-refractivity contribution is 0.0751. The summed E-state index contributed by atoms with van der Waals surface area (Å²) in [7, 11) is -1.61. The maximum absolute atomic E-state index is 13.1. The van der Waals surface area contributed by atoms with E-state index in [0.29, 0.717) is 25.3 Å². The zero-order valence-corrected chi connectivity index (χ0v) is 17.9. The molecule has 0 bridgehead atoms. The maximum atomic E-state index is 13.1. The van der Waals surface area contributed by atoms with Gasteiger partial charge in [-0.2, -0.15) is 0 Å². The number of nitrogens with zero attached hydrogens (tertiary/aromatic N) is 2. The van der Waals surface area contributed by atoms with Gasteiger partial charge < -0.3 is 14.5 Å². The van der Waals surface area contributed by atoms with E-state index in [0.717, 1.165) is 30.6 Å². The van der Waals surface area contributed by atoms with Gasteiger partial charge in [0.05, 0.1) is 11.0 Å². The molecular formula is C22H27N3O4S. The van der Waals surface area contributed by atoms with Gasteiger partial charge in [-0.3, -0.25) is 4.79 Å². The van der Waals surface area contributed by atoms with Crippen LogP contribution < -0.4 is 9.62 Å². The molecule has 1 unspecified atom stereocenters. The molecule has 8 heteroatoms. The topological polar surface area (TPSA) is 79.0 Å². The van der Waals surface area contributed by atoms with Gasteiger partial charge in [-0.1, -0.05) is 18.2 Å². The van der Waals surface area contributed by atoms with Gasteiger partial charge in [0.15, 0.2) is 0 Å². The van der Waals surface area contributed by atoms with E-state index in [4.69, 9.17) is 4.74 Å². The van der Waals surface area contributed by atoms with Gasteiger partial charge in [0.2, 0.25) is 10.0 Å². The summed E-state index contributed by atoms with van der Waals surface area (Å²) < 4.78 is 33.1. The van der Waals surface area contributed by atoms with Crippen molar-refractivity contribution in [3.8, 4) is 0 Å². The van der Waals surface area contributed by atoms with Gasteiger partial charge in [-0.25, -0.2) is 13.1 Å². The van der Waals surface area contributed by atoms with Crippen molar-refractivity contribution in [2.75, 3.05) is 38.2 Å². The Labute approximate surface area is 177 Å². The number of hydrogen-bond acceptors (Lipinski definition) is 5. The highest BCUT2D eigenvalue weighted by atomic mass is 32.2. The van der Waals surface area contributed by atoms with Crippen molar-refractivity contribution in [1.29, 1.82) is 0 Å². The fourth-order valence-corrected chi connectivity index (χ4v) is 4.98. The lowest BCUT2D eigenvalue weighted by Crippen LogP contribution is -2.34. The summed E-state index contributed by atoms with van der Waals surface area (Å²) in [6, 6.07) is 14.2. The van der Waals surface area contributed by atoms with Crippen LogP contribution in [0.4, 0.5) is 5.69 Å². The second kappa shape index (κ2) is 8.75. The standard InChI is InChI=1S/C22H27N3O4S/c1-24-12-13-25(16-18-5-2-3-7-21(18)24)22(26)17-8-10-20(11-9-17)30(27,28)23-15-19-6-4-14-29-19/h2-3,5,7-11,19,23H,4,6,12-16H2,1H3. The Bertz CT molecular complexity index is 1000. The van der Waals surface area contributed by atoms with Gasteiger partial charge in [-0.15, -0.1) is 0 Å². The molecule has 0 saturated carbocycles. The van der Waals surface area contributed by atoms with Crippen LogP contribution in [0.2, 0.25) is 0 Å². The first-order valence-electron chi connectivity index (χ1n) is 10.2. The largest absolute Gasteiger partial charge is 0.377 e. The zero-order chi connectivity index (χ0) is 21.1. The first kappa shape index (κ1) is 20.8. The minimum atomic E-state index is -3.63. The second-order valence-corrected chi connectivity index (χ2v) is 9.56. The summed E-state index contributed by atoms with van der Waals surface area (Å²) in [5.41, 5.74) is 2.71. The first-order valence-corrected chi connectivity index (χ1v) is 11.7. The number of nitrogens with one attached hydrogen (secondary N) is 1. The molecule has 2 aliphatic rings. The molecule has 1 atom stereocenters. The average Bonchev–Trinajstić information content (AvgIpc) is 3.23. The number of anilines is 1. The summed E-state index contributed by atoms with van der Waals surface area (Å²) in [6.45, 7) is 2.82. The molecule has 0 radical (unpaired) electrons. The number of benzene rings is 2. The molecule has 7 nitrogen and oxygen atoms in total. The predicted molar refractivity (Wildman–Crippen MR) is 115 cm³/mol. The Morgan fingerprint density at radius 3 is 2.63 bits per heavy atom. The van der Waals surface area contributed by atoms with Crippen molar-refractivity contribution in [1.82, 2.24) is 9.62 Å². The highest BCUT2D eigenvalue weighted by Gasteiger charge is 2.24. The van der Waals surface area contributed by atoms with E-state index < -0.39 is 10.0 Å². The molecule has 0 aliphatic carbocycles. The van der Waals surface area contributed by atoms with E-state index >= 15 is 0 Å². The Balaban J connectivity index is 1.45. The van der Waals surface area contributed by atoms with Crippen molar-refractivity contribution in [2.24, 2.45) is 0 Å². The van der Waals surface area contributed by atoms with E-state index in [2.05, 4.69) is 15.7 Å². The van der Waals surface area contributed by atoms with E-state index in [-0.39, 0.29) is 23.5 Å². The Kier molecular flexibility index (Phi) is 6.08. The minimum Gasteiger partial charge on any atom is -0.377 e. The Morgan fingerprint density at radius 2 is 1.90 bits per heavy atom. The van der Waals surface area contributed by atoms with Crippen molar-refractivity contribution >= 4 is 21.6 Å². The van der Waals surface area contributed by atoms with Crippen LogP contribution in [-0.4, -0.2) is 58.6 Å². The highest BCUT2D eigenvalue weighted by Crippen LogP contribution is 2.24. The van der Waals surface area contributed by atoms with Crippen LogP contribution in [-0.2, 0) is 21.3 Å². The van der Waals surface area contributed by atoms with E-state index in [9.17, 15) is 13.2 Å². The summed E-state index contributed by atoms with van der Waals surface area (Å²) in [5.74, 6) is -0.101. The lowest BCUT2D eigenvalue weighted by atomic mass is 10.1. The fourth-order valence-electron chi connectivity index (χ4n) is 3.92. The van der Waals surface area contributed by atoms with E-state index in [1.165, 1.54) is 12.1 Å². The molecule has 0 aromatic heterocycles. The van der Waals surface area contributed by atoms with Crippen LogP contribution in [0.5, 0.6) is 0 Å². The summed E-state index contributed by atoms with van der Waals surface area (Å²) in [5, 5.41) is 0. The van der Waals surface area contributed by atoms with Crippen LogP contribution in [0, 0.1) is 0 Å². The van der Waals surface area contributed by atoms with Crippen LogP contribution in [0.25, 0.3) is 0 Å². The maximum Gasteiger partial charge on any atom is 0.254 e. The minimum absolute atomic E-state index is 0.0651. The van der Waals surface area contributed by atoms with Gasteiger partial charge >= 0.3 is 0 Å². The molecule has 30 heavy (non-hydrogen) atoms. The van der Waals surface area contributed by atoms with Crippen LogP contribution in [0.15, 0.2) is 53.4 Å². The van der Waals surface area contributed by atoms with Crippen LogP contribution in [0.1, 0.15) is 28.8 Å². The van der Waals surface area contributed by atoms with Gasteiger partial charge in [0, 0.05) is 51.1 Å². The molecule has 2 heterocycles. The summed E-state index contributed by atoms with van der Waals surface area (Å²) >= 11 is 0. The number of rotatable bonds is 5. The van der Waals surface area contributed by atoms with Gasteiger partial charge in [0.25, 0.3) is 5.91 Å². The summed E-state index contributed by atoms with van der Waals surface area (Å²) in [4.78, 5) is 17.2. The zero-order valence-electron chi connectivity index (χ0n) is 17.1. The first-order chi connectivity index (χ1) is 14.4. The number of para-hydroxylation sites is 1. The van der Waals surface area contributed by atoms with Gasteiger partial charge in [0.1, 0.15) is 0 Å². The number of carbonyl (C=O) groups is 1. The van der Waals surface area contributed by atoms with Crippen molar-refractivity contribution < 1.29 is 17.9 Å². The third-order valence-corrected chi connectivity index (χ3v) is 7.13. The number of fused-ring (bicyclic) bond motifs is 1. The lowest BCUT2D eigenvalue weighted by Gasteiger charge is -2.21. The number of carbonyl (C=O) groups excluding carboxylic acids is 1. The average molecular weight is 430 g/mol. The van der Waals surface area contributed by atoms with Crippen LogP contribution >= 0.6 is 0 Å². The number of amides is 1. The SMILES string of the molecule is CN1CCN(C(=O)c2ccc(S(=O)(=O)NCC3CCCO3)cc2)Cc2ccccc21. The number of hydrogen-bond donors (Lipinski definition) is 1. The molecule has 1 N–H and O–H groups in total. The number of sulfonamides is 1. The van der Waals surface area contributed by atoms with E-state index in [1.807, 2.05) is 30.1 Å². The molecule has 2 aromatic rings. The smallest absolute Gasteiger partial charge is 0.254 e. The molecule has 160 valence electrons.